The van der Waals surface area contributed by atoms with Crippen LogP contribution in [0.15, 0.2) is 23.0 Å². The lowest BCUT2D eigenvalue weighted by Gasteiger charge is -2.27. The molecule has 0 atom stereocenters. The first-order valence-corrected chi connectivity index (χ1v) is 4.10. The van der Waals surface area contributed by atoms with Crippen molar-refractivity contribution in [3.05, 3.63) is 23.0 Å². The molecular formula is C9H14BNO. The maximum atomic E-state index is 5.56. The number of likely N-dealkylation sites (N-methyl/N-ethyl adjacent to an activating group) is 1. The lowest BCUT2D eigenvalue weighted by molar-refractivity contribution is 0.153. The van der Waals surface area contributed by atoms with Gasteiger partial charge in [0.1, 0.15) is 20.2 Å². The van der Waals surface area contributed by atoms with Gasteiger partial charge in [0.05, 0.1) is 12.2 Å². The van der Waals surface area contributed by atoms with Gasteiger partial charge in [-0.15, -0.1) is 5.47 Å². The fraction of sp³-hybridized carbons (Fsp3) is 0.556. The van der Waals surface area contributed by atoms with Crippen LogP contribution >= 0.6 is 0 Å². The number of rotatable bonds is 1. The molecule has 0 aliphatic carbocycles. The normalized spacial score (nSPS) is 19.6. The molecule has 0 saturated carbocycles. The van der Waals surface area contributed by atoms with Crippen LogP contribution in [0.25, 0.3) is 0 Å². The average molecular weight is 163 g/mol. The first-order chi connectivity index (χ1) is 5.61. The Kier molecular flexibility index (Phi) is 2.85. The third-order valence-electron chi connectivity index (χ3n) is 1.97. The zero-order valence-electron chi connectivity index (χ0n) is 7.92. The zero-order chi connectivity index (χ0) is 9.14. The SMILES string of the molecule is [B]/C(C)=C/C1=C(C)N(C)CCO1. The maximum absolute atomic E-state index is 5.56. The van der Waals surface area contributed by atoms with E-state index in [-0.39, 0.29) is 0 Å². The zero-order valence-corrected chi connectivity index (χ0v) is 7.92. The van der Waals surface area contributed by atoms with Crippen molar-refractivity contribution in [1.82, 2.24) is 4.90 Å². The van der Waals surface area contributed by atoms with Gasteiger partial charge in [-0.1, -0.05) is 6.92 Å². The van der Waals surface area contributed by atoms with Crippen LogP contribution in [0.4, 0.5) is 0 Å². The van der Waals surface area contributed by atoms with Crippen molar-refractivity contribution in [2.24, 2.45) is 0 Å². The lowest BCUT2D eigenvalue weighted by atomic mass is 9.97. The highest BCUT2D eigenvalue weighted by Crippen LogP contribution is 2.16. The van der Waals surface area contributed by atoms with Crippen LogP contribution in [0.1, 0.15) is 13.8 Å². The van der Waals surface area contributed by atoms with E-state index in [2.05, 4.69) is 11.9 Å². The van der Waals surface area contributed by atoms with Crippen molar-refractivity contribution in [3.63, 3.8) is 0 Å². The molecule has 1 heterocycles. The molecule has 0 bridgehead atoms. The molecule has 0 fully saturated rings. The van der Waals surface area contributed by atoms with Gasteiger partial charge in [0.25, 0.3) is 0 Å². The molecule has 0 aromatic heterocycles. The minimum absolute atomic E-state index is 0.743. The third kappa shape index (κ3) is 2.06. The molecule has 2 radical (unpaired) electrons. The van der Waals surface area contributed by atoms with Gasteiger partial charge in [-0.2, -0.15) is 0 Å². The average Bonchev–Trinajstić information content (AvgIpc) is 1.98. The Hall–Kier alpha value is -0.855. The van der Waals surface area contributed by atoms with E-state index in [0.717, 1.165) is 30.1 Å². The Labute approximate surface area is 75.3 Å². The van der Waals surface area contributed by atoms with E-state index in [1.54, 1.807) is 0 Å². The molecule has 1 rings (SSSR count). The van der Waals surface area contributed by atoms with E-state index in [1.807, 2.05) is 19.9 Å². The van der Waals surface area contributed by atoms with E-state index in [0.29, 0.717) is 0 Å². The first-order valence-electron chi connectivity index (χ1n) is 4.10. The summed E-state index contributed by atoms with van der Waals surface area (Å²) in [6.45, 7) is 5.59. The smallest absolute Gasteiger partial charge is 0.137 e. The fourth-order valence-electron chi connectivity index (χ4n) is 1.11. The van der Waals surface area contributed by atoms with Gasteiger partial charge in [0.15, 0.2) is 0 Å². The highest BCUT2D eigenvalue weighted by Gasteiger charge is 2.11. The van der Waals surface area contributed by atoms with E-state index < -0.39 is 0 Å². The maximum Gasteiger partial charge on any atom is 0.137 e. The minimum atomic E-state index is 0.743. The molecule has 0 unspecified atom stereocenters. The molecule has 3 heteroatoms. The second-order valence-electron chi connectivity index (χ2n) is 3.11. The van der Waals surface area contributed by atoms with Gasteiger partial charge in [0, 0.05) is 7.05 Å². The number of hydrogen-bond acceptors (Lipinski definition) is 2. The van der Waals surface area contributed by atoms with Crippen molar-refractivity contribution in [2.45, 2.75) is 13.8 Å². The highest BCUT2D eigenvalue weighted by molar-refractivity contribution is 6.21. The fourth-order valence-corrected chi connectivity index (χ4v) is 1.11. The molecule has 0 aromatic carbocycles. The van der Waals surface area contributed by atoms with Crippen LogP contribution in [0.3, 0.4) is 0 Å². The summed E-state index contributed by atoms with van der Waals surface area (Å²) in [5.41, 5.74) is 1.92. The van der Waals surface area contributed by atoms with Crippen molar-refractivity contribution in [1.29, 1.82) is 0 Å². The molecule has 0 N–H and O–H groups in total. The Balaban J connectivity index is 2.86. The molecule has 1 aliphatic heterocycles. The molecule has 64 valence electrons. The molecule has 0 saturated heterocycles. The molecular weight excluding hydrogens is 149 g/mol. The number of nitrogens with zero attached hydrogens (tertiary/aromatic N) is 1. The second-order valence-corrected chi connectivity index (χ2v) is 3.11. The van der Waals surface area contributed by atoms with Gasteiger partial charge in [-0.05, 0) is 13.0 Å². The van der Waals surface area contributed by atoms with Crippen LogP contribution in [0.2, 0.25) is 0 Å². The summed E-state index contributed by atoms with van der Waals surface area (Å²) in [5, 5.41) is 0. The Morgan fingerprint density at radius 3 is 2.92 bits per heavy atom. The van der Waals surface area contributed by atoms with Crippen molar-refractivity contribution in [3.8, 4) is 0 Å². The lowest BCUT2D eigenvalue weighted by Crippen LogP contribution is -2.27. The van der Waals surface area contributed by atoms with Crippen molar-refractivity contribution < 1.29 is 4.74 Å². The third-order valence-corrected chi connectivity index (χ3v) is 1.97. The van der Waals surface area contributed by atoms with Gasteiger partial charge in [-0.3, -0.25) is 0 Å². The summed E-state index contributed by atoms with van der Waals surface area (Å²) in [7, 11) is 7.61. The molecule has 2 nitrogen and oxygen atoms in total. The van der Waals surface area contributed by atoms with Gasteiger partial charge < -0.3 is 9.64 Å². The quantitative estimate of drug-likeness (QED) is 0.539. The minimum Gasteiger partial charge on any atom is -0.490 e. The number of hydrogen-bond donors (Lipinski definition) is 0. The van der Waals surface area contributed by atoms with E-state index in [4.69, 9.17) is 12.6 Å². The van der Waals surface area contributed by atoms with Crippen molar-refractivity contribution in [2.75, 3.05) is 20.2 Å². The van der Waals surface area contributed by atoms with Crippen LogP contribution < -0.4 is 0 Å². The summed E-state index contributed by atoms with van der Waals surface area (Å²) >= 11 is 0. The van der Waals surface area contributed by atoms with Gasteiger partial charge in [0.2, 0.25) is 0 Å². The summed E-state index contributed by atoms with van der Waals surface area (Å²) in [4.78, 5) is 2.16. The topological polar surface area (TPSA) is 12.5 Å². The number of ether oxygens (including phenoxy) is 1. The molecule has 0 spiro atoms. The Bertz CT molecular complexity index is 229. The van der Waals surface area contributed by atoms with Crippen LogP contribution in [0.5, 0.6) is 0 Å². The Morgan fingerprint density at radius 2 is 2.33 bits per heavy atom. The summed E-state index contributed by atoms with van der Waals surface area (Å²) < 4.78 is 5.45. The number of allylic oxidation sites excluding steroid dienone is 3. The van der Waals surface area contributed by atoms with E-state index in [9.17, 15) is 0 Å². The predicted molar refractivity (Wildman–Crippen MR) is 50.8 cm³/mol. The molecule has 1 aliphatic rings. The molecule has 0 amide bonds. The summed E-state index contributed by atoms with van der Waals surface area (Å²) in [5.74, 6) is 0.892. The standard InChI is InChI=1S/C9H14BNO/c1-7(10)6-9-8(2)11(3)4-5-12-9/h6H,4-5H2,1-3H3/b7-6+. The van der Waals surface area contributed by atoms with Gasteiger partial charge in [-0.25, -0.2) is 0 Å². The molecule has 12 heavy (non-hydrogen) atoms. The largest absolute Gasteiger partial charge is 0.490 e. The summed E-state index contributed by atoms with van der Waals surface area (Å²) in [6, 6.07) is 0. The molecule has 0 aromatic rings. The van der Waals surface area contributed by atoms with Crippen molar-refractivity contribution >= 4 is 7.85 Å². The van der Waals surface area contributed by atoms with Crippen LogP contribution in [0, 0.1) is 0 Å². The predicted octanol–water partition coefficient (Wildman–Crippen LogP) is 1.25. The highest BCUT2D eigenvalue weighted by atomic mass is 16.5. The first kappa shape index (κ1) is 9.23. The Morgan fingerprint density at radius 1 is 1.67 bits per heavy atom. The summed E-state index contributed by atoms with van der Waals surface area (Å²) in [6.07, 6.45) is 1.87. The monoisotopic (exact) mass is 163 g/mol. The van der Waals surface area contributed by atoms with Gasteiger partial charge >= 0.3 is 0 Å². The van der Waals surface area contributed by atoms with E-state index >= 15 is 0 Å². The second kappa shape index (κ2) is 3.70. The van der Waals surface area contributed by atoms with Crippen LogP contribution in [-0.4, -0.2) is 32.9 Å². The van der Waals surface area contributed by atoms with E-state index in [1.165, 1.54) is 0 Å². The van der Waals surface area contributed by atoms with Crippen LogP contribution in [-0.2, 0) is 4.74 Å².